The number of ether oxygens (including phenoxy) is 3. The Morgan fingerprint density at radius 1 is 1.41 bits per heavy atom. The molecule has 2 N–H and O–H groups in total. The second-order valence-electron chi connectivity index (χ2n) is 5.33. The average Bonchev–Trinajstić information content (AvgIpc) is 2.95. The van der Waals surface area contributed by atoms with Gasteiger partial charge in [0.15, 0.2) is 11.5 Å². The van der Waals surface area contributed by atoms with Crippen molar-refractivity contribution in [2.24, 2.45) is 0 Å². The van der Waals surface area contributed by atoms with Gasteiger partial charge in [-0.2, -0.15) is 0 Å². The van der Waals surface area contributed by atoms with Gasteiger partial charge in [-0.25, -0.2) is 0 Å². The van der Waals surface area contributed by atoms with Crippen LogP contribution >= 0.6 is 12.4 Å². The number of benzene rings is 1. The number of carbonyl (C=O) groups is 1. The van der Waals surface area contributed by atoms with Crippen molar-refractivity contribution in [1.82, 2.24) is 10.6 Å². The fourth-order valence-electron chi connectivity index (χ4n) is 2.54. The van der Waals surface area contributed by atoms with Crippen molar-refractivity contribution in [3.63, 3.8) is 0 Å². The molecule has 22 heavy (non-hydrogen) atoms. The second-order valence-corrected chi connectivity index (χ2v) is 5.33. The van der Waals surface area contributed by atoms with Crippen LogP contribution in [-0.4, -0.2) is 38.5 Å². The highest BCUT2D eigenvalue weighted by atomic mass is 35.5. The maximum Gasteiger partial charge on any atom is 0.231 e. The molecular weight excluding hydrogens is 308 g/mol. The van der Waals surface area contributed by atoms with Crippen LogP contribution in [0.15, 0.2) is 18.2 Å². The Balaban J connectivity index is 0.00000176. The van der Waals surface area contributed by atoms with Crippen molar-refractivity contribution in [3.05, 3.63) is 23.8 Å². The molecule has 2 aliphatic rings. The largest absolute Gasteiger partial charge is 0.454 e. The fraction of sp³-hybridized carbons (Fsp3) is 0.533. The number of hydrogen-bond acceptors (Lipinski definition) is 5. The SMILES string of the molecule is CC(NC(=O)CC1COCCN1)c1ccc2c(c1)OCO2.Cl. The summed E-state index contributed by atoms with van der Waals surface area (Å²) in [7, 11) is 0. The van der Waals surface area contributed by atoms with Gasteiger partial charge >= 0.3 is 0 Å². The minimum absolute atomic E-state index is 0. The number of carbonyl (C=O) groups excluding carboxylic acids is 1. The van der Waals surface area contributed by atoms with Crippen LogP contribution in [0.25, 0.3) is 0 Å². The number of morpholine rings is 1. The van der Waals surface area contributed by atoms with E-state index in [1.165, 1.54) is 0 Å². The van der Waals surface area contributed by atoms with E-state index in [4.69, 9.17) is 14.2 Å². The van der Waals surface area contributed by atoms with Crippen LogP contribution < -0.4 is 20.1 Å². The molecule has 2 atom stereocenters. The van der Waals surface area contributed by atoms with E-state index in [9.17, 15) is 4.79 Å². The Morgan fingerprint density at radius 3 is 3.00 bits per heavy atom. The molecule has 2 aliphatic heterocycles. The number of nitrogens with one attached hydrogen (secondary N) is 2. The van der Waals surface area contributed by atoms with Crippen LogP contribution in [0.2, 0.25) is 0 Å². The number of rotatable bonds is 4. The monoisotopic (exact) mass is 328 g/mol. The zero-order valence-electron chi connectivity index (χ0n) is 12.5. The predicted octanol–water partition coefficient (Wildman–Crippen LogP) is 1.39. The summed E-state index contributed by atoms with van der Waals surface area (Å²) in [5.41, 5.74) is 1.00. The van der Waals surface area contributed by atoms with Crippen LogP contribution in [0.5, 0.6) is 11.5 Å². The molecule has 1 aromatic rings. The van der Waals surface area contributed by atoms with Gasteiger partial charge < -0.3 is 24.8 Å². The lowest BCUT2D eigenvalue weighted by atomic mass is 10.1. The second kappa shape index (κ2) is 7.67. The van der Waals surface area contributed by atoms with Crippen LogP contribution in [-0.2, 0) is 9.53 Å². The lowest BCUT2D eigenvalue weighted by molar-refractivity contribution is -0.122. The van der Waals surface area contributed by atoms with Gasteiger partial charge in [-0.15, -0.1) is 12.4 Å². The summed E-state index contributed by atoms with van der Waals surface area (Å²) in [6, 6.07) is 5.76. The van der Waals surface area contributed by atoms with Gasteiger partial charge in [0.2, 0.25) is 12.7 Å². The first-order valence-corrected chi connectivity index (χ1v) is 7.22. The smallest absolute Gasteiger partial charge is 0.231 e. The molecule has 2 unspecified atom stereocenters. The molecule has 7 heteroatoms. The van der Waals surface area contributed by atoms with Gasteiger partial charge in [-0.3, -0.25) is 4.79 Å². The molecule has 0 saturated carbocycles. The van der Waals surface area contributed by atoms with E-state index in [0.29, 0.717) is 19.6 Å². The van der Waals surface area contributed by atoms with Crippen molar-refractivity contribution >= 4 is 18.3 Å². The van der Waals surface area contributed by atoms with Crippen molar-refractivity contribution in [2.75, 3.05) is 26.6 Å². The van der Waals surface area contributed by atoms with Crippen LogP contribution in [0.3, 0.4) is 0 Å². The van der Waals surface area contributed by atoms with Gasteiger partial charge in [0.05, 0.1) is 19.3 Å². The van der Waals surface area contributed by atoms with Crippen molar-refractivity contribution in [2.45, 2.75) is 25.4 Å². The molecule has 0 spiro atoms. The summed E-state index contributed by atoms with van der Waals surface area (Å²) >= 11 is 0. The minimum atomic E-state index is -0.0727. The van der Waals surface area contributed by atoms with E-state index in [-0.39, 0.29) is 37.2 Å². The van der Waals surface area contributed by atoms with E-state index in [0.717, 1.165) is 23.6 Å². The third-order valence-electron chi connectivity index (χ3n) is 3.70. The minimum Gasteiger partial charge on any atom is -0.454 e. The van der Waals surface area contributed by atoms with Gasteiger partial charge in [0, 0.05) is 19.0 Å². The quantitative estimate of drug-likeness (QED) is 0.874. The van der Waals surface area contributed by atoms with Gasteiger partial charge in [0.25, 0.3) is 0 Å². The fourth-order valence-corrected chi connectivity index (χ4v) is 2.54. The Kier molecular flexibility index (Phi) is 5.88. The standard InChI is InChI=1S/C15H20N2O4.ClH/c1-10(11-2-3-13-14(6-11)21-9-20-13)17-15(18)7-12-8-19-5-4-16-12;/h2-3,6,10,12,16H,4-5,7-9H2,1H3,(H,17,18);1H. The number of amides is 1. The lowest BCUT2D eigenvalue weighted by Crippen LogP contribution is -2.44. The first kappa shape index (κ1) is 16.9. The Labute approximate surface area is 135 Å². The first-order chi connectivity index (χ1) is 10.2. The molecule has 0 radical (unpaired) electrons. The normalized spacial score (nSPS) is 20.9. The molecule has 6 nitrogen and oxygen atoms in total. The highest BCUT2D eigenvalue weighted by Gasteiger charge is 2.20. The number of halogens is 1. The van der Waals surface area contributed by atoms with E-state index in [1.807, 2.05) is 25.1 Å². The molecule has 3 rings (SSSR count). The summed E-state index contributed by atoms with van der Waals surface area (Å²) < 4.78 is 16.0. The zero-order chi connectivity index (χ0) is 14.7. The lowest BCUT2D eigenvalue weighted by Gasteiger charge is -2.24. The summed E-state index contributed by atoms with van der Waals surface area (Å²) in [6.45, 7) is 4.32. The first-order valence-electron chi connectivity index (χ1n) is 7.22. The molecule has 122 valence electrons. The summed E-state index contributed by atoms with van der Waals surface area (Å²) in [4.78, 5) is 12.1. The molecule has 1 aromatic carbocycles. The third kappa shape index (κ3) is 4.03. The van der Waals surface area contributed by atoms with E-state index in [2.05, 4.69) is 10.6 Å². The highest BCUT2D eigenvalue weighted by molar-refractivity contribution is 5.85. The third-order valence-corrected chi connectivity index (χ3v) is 3.70. The van der Waals surface area contributed by atoms with Crippen molar-refractivity contribution in [3.8, 4) is 11.5 Å². The Hall–Kier alpha value is -1.50. The predicted molar refractivity (Wildman–Crippen MR) is 83.6 cm³/mol. The zero-order valence-corrected chi connectivity index (χ0v) is 13.3. The van der Waals surface area contributed by atoms with Gasteiger partial charge in [-0.05, 0) is 24.6 Å². The molecule has 1 fully saturated rings. The van der Waals surface area contributed by atoms with Crippen molar-refractivity contribution < 1.29 is 19.0 Å². The summed E-state index contributed by atoms with van der Waals surface area (Å²) in [6.07, 6.45) is 0.425. The number of hydrogen-bond donors (Lipinski definition) is 2. The van der Waals surface area contributed by atoms with E-state index in [1.54, 1.807) is 0 Å². The van der Waals surface area contributed by atoms with Gasteiger partial charge in [-0.1, -0.05) is 6.07 Å². The summed E-state index contributed by atoms with van der Waals surface area (Å²) in [5.74, 6) is 1.50. The Morgan fingerprint density at radius 2 is 2.23 bits per heavy atom. The maximum absolute atomic E-state index is 12.1. The topological polar surface area (TPSA) is 68.8 Å². The Bertz CT molecular complexity index is 520. The van der Waals surface area contributed by atoms with Crippen LogP contribution in [0.1, 0.15) is 24.9 Å². The molecule has 0 aliphatic carbocycles. The molecule has 0 bridgehead atoms. The van der Waals surface area contributed by atoms with Crippen LogP contribution in [0, 0.1) is 0 Å². The molecule has 1 amide bonds. The van der Waals surface area contributed by atoms with E-state index >= 15 is 0 Å². The molecule has 1 saturated heterocycles. The van der Waals surface area contributed by atoms with Gasteiger partial charge in [0.1, 0.15) is 0 Å². The number of fused-ring (bicyclic) bond motifs is 1. The molecular formula is C15H21ClN2O4. The molecule has 0 aromatic heterocycles. The maximum atomic E-state index is 12.1. The van der Waals surface area contributed by atoms with Crippen LogP contribution in [0.4, 0.5) is 0 Å². The van der Waals surface area contributed by atoms with Crippen molar-refractivity contribution in [1.29, 1.82) is 0 Å². The summed E-state index contributed by atoms with van der Waals surface area (Å²) in [5, 5.41) is 6.28. The molecule has 2 heterocycles. The van der Waals surface area contributed by atoms with E-state index < -0.39 is 0 Å². The highest BCUT2D eigenvalue weighted by Crippen LogP contribution is 2.34. The average molecular weight is 329 g/mol.